The van der Waals surface area contributed by atoms with Gasteiger partial charge < -0.3 is 42.6 Å². The number of thiocarbonyl (C=S) groups is 2. The fourth-order valence-electron chi connectivity index (χ4n) is 9.79. The van der Waals surface area contributed by atoms with Gasteiger partial charge in [0, 0.05) is 101 Å². The Labute approximate surface area is 532 Å². The number of H-pyrrole nitrogens is 1. The minimum absolute atomic E-state index is 0.0292. The van der Waals surface area contributed by atoms with Crippen LogP contribution in [0, 0.1) is 29.6 Å². The predicted octanol–water partition coefficient (Wildman–Crippen LogP) is 5.20. The second-order valence-electron chi connectivity index (χ2n) is 23.2. The molecule has 23 nitrogen and oxygen atoms in total. The fraction of sp³-hybridized carbons (Fsp3) is 0.597. The number of amides is 5. The topological polar surface area (TPSA) is 346 Å². The largest absolute Gasteiger partial charge is 0.370 e. The summed E-state index contributed by atoms with van der Waals surface area (Å²) < 4.78 is 0. The summed E-state index contributed by atoms with van der Waals surface area (Å²) in [4.78, 5) is 143. The van der Waals surface area contributed by atoms with Crippen molar-refractivity contribution in [2.75, 3.05) is 25.6 Å². The van der Waals surface area contributed by atoms with Crippen LogP contribution in [0.15, 0.2) is 53.1 Å². The number of fused-ring (bicyclic) bond motifs is 1. The summed E-state index contributed by atoms with van der Waals surface area (Å²) in [5.41, 5.74) is 15.5. The average molecular weight is 1280 g/mol. The number of allylic oxidation sites excluding steroid dienone is 1. The molecule has 1 heterocycles. The van der Waals surface area contributed by atoms with Crippen LogP contribution in [-0.2, 0) is 60.8 Å². The standard InChI is InChI=1S/C62H93N13O10S3/c1-36(2)28-45(60(85)69-49(41(8)76)25-27-88-10)32-54(80)51(33-46-34-65-35-67-46)68-56(82)24-22-52(78)57(37(3)4)71-58(83)38(5)29-53(79)50(31-43-20-19-42-16-13-14-18-48(42)43)70-59(84)44(21-23-55(63)81)30-47(77)17-12-11-15-26-66-62(87)75-73-40(7)39(6)72-74-61(86)64-9/h13-14,16,18,20,34-38,44-45,49-51,57H,11-12,15,17,19,21-33H2,1-10H3,(H2,63,81)(H,65,67)(H,68,82)(H,69,85)(H,70,84)(H,71,83)(H2,64,74,86)(H2,66,75,87)/b72-39+,73-40+/t38-,44-,45-,49+,50+,51+,57+/m1/s1. The molecule has 26 heteroatoms. The first-order chi connectivity index (χ1) is 41.7. The highest BCUT2D eigenvalue weighted by atomic mass is 32.2. The van der Waals surface area contributed by atoms with Gasteiger partial charge in [-0.2, -0.15) is 22.0 Å². The zero-order valence-corrected chi connectivity index (χ0v) is 55.1. The van der Waals surface area contributed by atoms with Crippen LogP contribution in [-0.4, -0.2) is 140 Å². The van der Waals surface area contributed by atoms with Crippen molar-refractivity contribution < 1.29 is 47.9 Å². The van der Waals surface area contributed by atoms with E-state index in [9.17, 15) is 47.9 Å². The highest BCUT2D eigenvalue weighted by molar-refractivity contribution is 7.98. The molecule has 1 aromatic carbocycles. The van der Waals surface area contributed by atoms with Gasteiger partial charge in [0.2, 0.25) is 29.5 Å². The molecule has 0 fully saturated rings. The average Bonchev–Trinajstić information content (AvgIpc) is 3.60. The van der Waals surface area contributed by atoms with Gasteiger partial charge in [-0.25, -0.2) is 4.98 Å². The maximum atomic E-state index is 14.5. The Morgan fingerprint density at radius 2 is 1.35 bits per heavy atom. The quantitative estimate of drug-likeness (QED) is 0.0177. The van der Waals surface area contributed by atoms with Crippen molar-refractivity contribution in [2.24, 2.45) is 45.5 Å². The number of unbranched alkanes of at least 4 members (excludes halogenated alkanes) is 2. The Morgan fingerprint density at radius 1 is 0.705 bits per heavy atom. The first-order valence-corrected chi connectivity index (χ1v) is 32.4. The zero-order valence-electron chi connectivity index (χ0n) is 52.7. The third-order valence-electron chi connectivity index (χ3n) is 15.0. The second kappa shape index (κ2) is 39.8. The van der Waals surface area contributed by atoms with E-state index in [2.05, 4.69) is 62.9 Å². The number of aromatic amines is 1. The molecule has 0 aliphatic heterocycles. The van der Waals surface area contributed by atoms with Crippen LogP contribution in [0.5, 0.6) is 0 Å². The van der Waals surface area contributed by atoms with E-state index in [1.165, 1.54) is 26.4 Å². The van der Waals surface area contributed by atoms with Crippen LogP contribution in [0.25, 0.3) is 5.57 Å². The van der Waals surface area contributed by atoms with Gasteiger partial charge in [-0.05, 0) is 124 Å². The Morgan fingerprint density at radius 3 is 1.98 bits per heavy atom. The molecular formula is C62H93N13O10S3. The van der Waals surface area contributed by atoms with Crippen LogP contribution in [0.1, 0.15) is 162 Å². The van der Waals surface area contributed by atoms with Crippen molar-refractivity contribution in [1.82, 2.24) is 52.7 Å². The normalized spacial score (nSPS) is 14.6. The summed E-state index contributed by atoms with van der Waals surface area (Å²) in [5, 5.41) is 26.1. The first kappa shape index (κ1) is 75.2. The van der Waals surface area contributed by atoms with E-state index >= 15 is 0 Å². The second-order valence-corrected chi connectivity index (χ2v) is 25.0. The number of hydrogen-bond donors (Lipinski definition) is 10. The van der Waals surface area contributed by atoms with Crippen molar-refractivity contribution in [3.63, 3.8) is 0 Å². The van der Waals surface area contributed by atoms with Crippen LogP contribution in [0.4, 0.5) is 0 Å². The molecule has 0 saturated carbocycles. The molecule has 2 aromatic rings. The number of ketones is 5. The highest BCUT2D eigenvalue weighted by Gasteiger charge is 2.34. The Hall–Kier alpha value is -7.06. The monoisotopic (exact) mass is 1280 g/mol. The number of Topliss-reactive ketones (excluding diaryl/α,β-unsaturated/α-hetero) is 5. The highest BCUT2D eigenvalue weighted by Crippen LogP contribution is 2.31. The van der Waals surface area contributed by atoms with Crippen molar-refractivity contribution in [3.8, 4) is 0 Å². The number of carbonyl (C=O) groups is 10. The third-order valence-corrected chi connectivity index (χ3v) is 16.2. The number of carbonyl (C=O) groups excluding carboxylic acids is 10. The van der Waals surface area contributed by atoms with Crippen molar-refractivity contribution >= 4 is 122 Å². The van der Waals surface area contributed by atoms with Gasteiger partial charge in [0.15, 0.2) is 33.4 Å². The van der Waals surface area contributed by atoms with E-state index in [-0.39, 0.29) is 81.7 Å². The lowest BCUT2D eigenvalue weighted by Crippen LogP contribution is -2.48. The van der Waals surface area contributed by atoms with Gasteiger partial charge in [-0.1, -0.05) is 71.4 Å². The van der Waals surface area contributed by atoms with Gasteiger partial charge in [-0.15, -0.1) is 0 Å². The number of hydrogen-bond acceptors (Lipinski definition) is 16. The SMILES string of the molecule is CNC(=S)N/N=C(C)/C(C)=N/NC(=S)NCCCCCC(=O)C[C@@H](CCC(N)=O)C(=O)N[C@@H](CC1=CCc2ccccc21)C(=O)C[C@@H](C)C(=O)N[C@H](C(=O)CCC(=O)N[C@@H](Cc1cnc[nH]1)C(=O)C[C@@H](CC(C)C)C(=O)N[C@@H](CCSC)C(C)=O)C(C)C. The van der Waals surface area contributed by atoms with Gasteiger partial charge >= 0.3 is 0 Å². The number of nitrogens with one attached hydrogen (secondary N) is 9. The van der Waals surface area contributed by atoms with E-state index in [0.717, 1.165) is 16.7 Å². The van der Waals surface area contributed by atoms with E-state index in [1.54, 1.807) is 46.5 Å². The van der Waals surface area contributed by atoms with Crippen LogP contribution in [0.3, 0.4) is 0 Å². The molecule has 0 bridgehead atoms. The molecule has 1 aromatic heterocycles. The summed E-state index contributed by atoms with van der Waals surface area (Å²) in [6.07, 6.45) is 8.83. The molecule has 484 valence electrons. The molecule has 0 unspecified atom stereocenters. The fourth-order valence-corrected chi connectivity index (χ4v) is 10.5. The number of aromatic nitrogens is 2. The maximum absolute atomic E-state index is 14.5. The summed E-state index contributed by atoms with van der Waals surface area (Å²) >= 11 is 11.9. The lowest BCUT2D eigenvalue weighted by molar-refractivity contribution is -0.135. The molecular weight excluding hydrogens is 1180 g/mol. The number of thioether (sulfide) groups is 1. The number of nitrogens with zero attached hydrogens (tertiary/aromatic N) is 3. The predicted molar refractivity (Wildman–Crippen MR) is 352 cm³/mol. The summed E-state index contributed by atoms with van der Waals surface area (Å²) in [5.74, 6) is -7.13. The number of primary amides is 1. The molecule has 5 amide bonds. The third kappa shape index (κ3) is 28.0. The van der Waals surface area contributed by atoms with Crippen molar-refractivity contribution in [2.45, 2.75) is 182 Å². The zero-order chi connectivity index (χ0) is 65.5. The Balaban J connectivity index is 1.68. The smallest absolute Gasteiger partial charge is 0.224 e. The molecule has 3 rings (SSSR count). The lowest BCUT2D eigenvalue weighted by atomic mass is 9.88. The molecule has 0 spiro atoms. The molecule has 7 atom stereocenters. The summed E-state index contributed by atoms with van der Waals surface area (Å²) in [7, 11) is 1.67. The van der Waals surface area contributed by atoms with Crippen molar-refractivity contribution in [3.05, 3.63) is 59.7 Å². The van der Waals surface area contributed by atoms with Crippen LogP contribution in [0.2, 0.25) is 0 Å². The van der Waals surface area contributed by atoms with Gasteiger partial charge in [0.25, 0.3) is 0 Å². The molecule has 88 heavy (non-hydrogen) atoms. The summed E-state index contributed by atoms with van der Waals surface area (Å²) in [6, 6.07) is 3.71. The number of hydrazone groups is 2. The number of benzene rings is 1. The number of imidazole rings is 1. The van der Waals surface area contributed by atoms with Gasteiger partial charge in [0.1, 0.15) is 5.78 Å². The molecule has 0 radical (unpaired) electrons. The van der Waals surface area contributed by atoms with Crippen LogP contribution >= 0.6 is 36.2 Å². The van der Waals surface area contributed by atoms with E-state index in [4.69, 9.17) is 30.2 Å². The van der Waals surface area contributed by atoms with Crippen LogP contribution < -0.4 is 48.5 Å². The maximum Gasteiger partial charge on any atom is 0.224 e. The minimum atomic E-state index is -1.14. The van der Waals surface area contributed by atoms with E-state index in [0.29, 0.717) is 78.2 Å². The van der Waals surface area contributed by atoms with E-state index < -0.39 is 94.7 Å². The first-order valence-electron chi connectivity index (χ1n) is 30.2. The number of nitrogens with two attached hydrogens (primary N) is 1. The molecule has 0 saturated heterocycles. The van der Waals surface area contributed by atoms with Gasteiger partial charge in [-0.3, -0.25) is 58.8 Å². The number of rotatable bonds is 42. The Bertz CT molecular complexity index is 2840. The Kier molecular flexibility index (Phi) is 34.0. The van der Waals surface area contributed by atoms with Crippen molar-refractivity contribution in [1.29, 1.82) is 0 Å². The lowest BCUT2D eigenvalue weighted by Gasteiger charge is -2.25. The van der Waals surface area contributed by atoms with E-state index in [1.807, 2.05) is 50.4 Å². The molecule has 11 N–H and O–H groups in total. The van der Waals surface area contributed by atoms with Gasteiger partial charge in [0.05, 0.1) is 41.9 Å². The minimum Gasteiger partial charge on any atom is -0.370 e. The summed E-state index contributed by atoms with van der Waals surface area (Å²) in [6.45, 7) is 14.3. The molecule has 1 aliphatic rings. The molecule has 1 aliphatic carbocycles.